The molecule has 144 valence electrons. The second-order valence-corrected chi connectivity index (χ2v) is 7.09. The summed E-state index contributed by atoms with van der Waals surface area (Å²) in [7, 11) is 0. The Morgan fingerprint density at radius 2 is 2.04 bits per heavy atom. The molecule has 1 aromatic rings. The Bertz CT molecular complexity index is 660. The van der Waals surface area contributed by atoms with Gasteiger partial charge < -0.3 is 19.7 Å². The van der Waals surface area contributed by atoms with Gasteiger partial charge in [-0.1, -0.05) is 0 Å². The standard InChI is InChI=1S/C18H26FN3O4/c1-5-25-16(23)20-12-6-7-15(14(19)10-12)22-9-8-13(11-22)21-17(24)26-18(2,3)4/h6-7,10,13H,5,8-9,11H2,1-4H3,(H,20,23)(H,21,24)/t13-/m0/s1. The summed E-state index contributed by atoms with van der Waals surface area (Å²) in [4.78, 5) is 25.1. The number of carbonyl (C=O) groups excluding carboxylic acids is 2. The first-order chi connectivity index (χ1) is 12.2. The van der Waals surface area contributed by atoms with Gasteiger partial charge in [-0.2, -0.15) is 0 Å². The summed E-state index contributed by atoms with van der Waals surface area (Å²) in [6, 6.07) is 4.36. The fourth-order valence-corrected chi connectivity index (χ4v) is 2.70. The van der Waals surface area contributed by atoms with Gasteiger partial charge in [0.2, 0.25) is 0 Å². The molecule has 1 saturated heterocycles. The molecule has 2 amide bonds. The van der Waals surface area contributed by atoms with Gasteiger partial charge in [0.25, 0.3) is 0 Å². The van der Waals surface area contributed by atoms with Crippen molar-refractivity contribution in [3.8, 4) is 0 Å². The van der Waals surface area contributed by atoms with E-state index in [9.17, 15) is 14.0 Å². The summed E-state index contributed by atoms with van der Waals surface area (Å²) in [6.07, 6.45) is -0.400. The van der Waals surface area contributed by atoms with Crippen molar-refractivity contribution in [2.24, 2.45) is 0 Å². The molecule has 2 N–H and O–H groups in total. The van der Waals surface area contributed by atoms with Gasteiger partial charge in [-0.25, -0.2) is 14.0 Å². The molecule has 1 fully saturated rings. The Balaban J connectivity index is 1.93. The second kappa shape index (κ2) is 8.25. The van der Waals surface area contributed by atoms with Crippen LogP contribution in [0.15, 0.2) is 18.2 Å². The zero-order valence-corrected chi connectivity index (χ0v) is 15.6. The van der Waals surface area contributed by atoms with Gasteiger partial charge >= 0.3 is 12.2 Å². The Morgan fingerprint density at radius 3 is 2.65 bits per heavy atom. The normalized spacial score (nSPS) is 17.0. The number of alkyl carbamates (subject to hydrolysis) is 1. The van der Waals surface area contributed by atoms with Crippen LogP contribution in [0, 0.1) is 5.82 Å². The lowest BCUT2D eigenvalue weighted by atomic mass is 10.2. The minimum Gasteiger partial charge on any atom is -0.450 e. The molecule has 7 nitrogen and oxygen atoms in total. The van der Waals surface area contributed by atoms with Crippen LogP contribution >= 0.6 is 0 Å². The number of benzene rings is 1. The van der Waals surface area contributed by atoms with Crippen molar-refractivity contribution >= 4 is 23.6 Å². The van der Waals surface area contributed by atoms with Crippen molar-refractivity contribution in [1.29, 1.82) is 0 Å². The third-order valence-corrected chi connectivity index (χ3v) is 3.72. The molecule has 0 unspecified atom stereocenters. The van der Waals surface area contributed by atoms with Crippen LogP contribution in [-0.2, 0) is 9.47 Å². The van der Waals surface area contributed by atoms with E-state index in [2.05, 4.69) is 10.6 Å². The Hall–Kier alpha value is -2.51. The van der Waals surface area contributed by atoms with Gasteiger partial charge in [-0.05, 0) is 52.3 Å². The van der Waals surface area contributed by atoms with Gasteiger partial charge in [0, 0.05) is 18.8 Å². The number of halogens is 1. The van der Waals surface area contributed by atoms with Gasteiger partial charge in [0.1, 0.15) is 11.4 Å². The monoisotopic (exact) mass is 367 g/mol. The third kappa shape index (κ3) is 5.79. The first-order valence-corrected chi connectivity index (χ1v) is 8.65. The third-order valence-electron chi connectivity index (χ3n) is 3.72. The average Bonchev–Trinajstić information content (AvgIpc) is 2.93. The number of nitrogens with one attached hydrogen (secondary N) is 2. The number of rotatable bonds is 4. The summed E-state index contributed by atoms with van der Waals surface area (Å²) < 4.78 is 24.4. The second-order valence-electron chi connectivity index (χ2n) is 7.09. The van der Waals surface area contributed by atoms with Crippen LogP contribution < -0.4 is 15.5 Å². The summed E-state index contributed by atoms with van der Waals surface area (Å²) >= 11 is 0. The quantitative estimate of drug-likeness (QED) is 0.851. The molecule has 2 rings (SSSR count). The number of amides is 2. The fourth-order valence-electron chi connectivity index (χ4n) is 2.70. The SMILES string of the molecule is CCOC(=O)Nc1ccc(N2CC[C@H](NC(=O)OC(C)(C)C)C2)c(F)c1. The number of anilines is 2. The van der Waals surface area contributed by atoms with Gasteiger partial charge in [-0.15, -0.1) is 0 Å². The van der Waals surface area contributed by atoms with Crippen molar-refractivity contribution in [2.45, 2.75) is 45.8 Å². The molecule has 26 heavy (non-hydrogen) atoms. The summed E-state index contributed by atoms with van der Waals surface area (Å²) in [5.41, 5.74) is 0.191. The van der Waals surface area contributed by atoms with E-state index in [1.807, 2.05) is 4.90 Å². The van der Waals surface area contributed by atoms with E-state index in [-0.39, 0.29) is 12.6 Å². The molecular weight excluding hydrogens is 341 g/mol. The van der Waals surface area contributed by atoms with Crippen molar-refractivity contribution in [3.63, 3.8) is 0 Å². The number of hydrogen-bond donors (Lipinski definition) is 2. The Labute approximate surface area is 152 Å². The topological polar surface area (TPSA) is 79.9 Å². The highest BCUT2D eigenvalue weighted by atomic mass is 19.1. The van der Waals surface area contributed by atoms with E-state index >= 15 is 0 Å². The number of carbonyl (C=O) groups is 2. The molecule has 0 aliphatic carbocycles. The Morgan fingerprint density at radius 1 is 1.31 bits per heavy atom. The molecular formula is C18H26FN3O4. The predicted molar refractivity (Wildman–Crippen MR) is 97.0 cm³/mol. The molecule has 8 heteroatoms. The van der Waals surface area contributed by atoms with Crippen LogP contribution in [0.3, 0.4) is 0 Å². The zero-order chi connectivity index (χ0) is 19.3. The van der Waals surface area contributed by atoms with Gasteiger partial charge in [0.15, 0.2) is 0 Å². The summed E-state index contributed by atoms with van der Waals surface area (Å²) in [5, 5.41) is 5.27. The van der Waals surface area contributed by atoms with Crippen LogP contribution in [0.25, 0.3) is 0 Å². The maximum absolute atomic E-state index is 14.4. The van der Waals surface area contributed by atoms with Crippen LogP contribution in [0.2, 0.25) is 0 Å². The highest BCUT2D eigenvalue weighted by molar-refractivity contribution is 5.85. The minimum absolute atomic E-state index is 0.110. The fraction of sp³-hybridized carbons (Fsp3) is 0.556. The highest BCUT2D eigenvalue weighted by Crippen LogP contribution is 2.26. The van der Waals surface area contributed by atoms with E-state index in [1.165, 1.54) is 6.07 Å². The largest absolute Gasteiger partial charge is 0.450 e. The minimum atomic E-state index is -0.623. The van der Waals surface area contributed by atoms with Crippen molar-refractivity contribution < 1.29 is 23.5 Å². The molecule has 0 saturated carbocycles. The molecule has 1 aromatic carbocycles. The number of ether oxygens (including phenoxy) is 2. The van der Waals surface area contributed by atoms with Crippen LogP contribution in [0.4, 0.5) is 25.4 Å². The smallest absolute Gasteiger partial charge is 0.411 e. The summed E-state index contributed by atoms with van der Waals surface area (Å²) in [5.74, 6) is -0.447. The maximum Gasteiger partial charge on any atom is 0.411 e. The van der Waals surface area contributed by atoms with E-state index in [0.717, 1.165) is 0 Å². The maximum atomic E-state index is 14.4. The van der Waals surface area contributed by atoms with E-state index < -0.39 is 23.6 Å². The molecule has 0 aromatic heterocycles. The lowest BCUT2D eigenvalue weighted by Gasteiger charge is -2.22. The highest BCUT2D eigenvalue weighted by Gasteiger charge is 2.27. The Kier molecular flexibility index (Phi) is 6.28. The van der Waals surface area contributed by atoms with Gasteiger partial charge in [0.05, 0.1) is 18.3 Å². The summed E-state index contributed by atoms with van der Waals surface area (Å²) in [6.45, 7) is 8.44. The van der Waals surface area contributed by atoms with Crippen LogP contribution in [0.5, 0.6) is 0 Å². The zero-order valence-electron chi connectivity index (χ0n) is 15.6. The first kappa shape index (κ1) is 19.8. The first-order valence-electron chi connectivity index (χ1n) is 8.65. The number of hydrogen-bond acceptors (Lipinski definition) is 5. The predicted octanol–water partition coefficient (Wildman–Crippen LogP) is 3.50. The number of nitrogens with zero attached hydrogens (tertiary/aromatic N) is 1. The lowest BCUT2D eigenvalue weighted by molar-refractivity contribution is 0.0509. The van der Waals surface area contributed by atoms with Crippen molar-refractivity contribution in [2.75, 3.05) is 29.9 Å². The van der Waals surface area contributed by atoms with E-state index in [0.29, 0.717) is 30.9 Å². The van der Waals surface area contributed by atoms with Crippen molar-refractivity contribution in [3.05, 3.63) is 24.0 Å². The molecule has 1 heterocycles. The molecule has 1 aliphatic heterocycles. The van der Waals surface area contributed by atoms with Crippen LogP contribution in [-0.4, -0.2) is 43.5 Å². The molecule has 1 atom stereocenters. The average molecular weight is 367 g/mol. The molecule has 0 radical (unpaired) electrons. The van der Waals surface area contributed by atoms with Gasteiger partial charge in [-0.3, -0.25) is 5.32 Å². The molecule has 1 aliphatic rings. The molecule has 0 spiro atoms. The van der Waals surface area contributed by atoms with E-state index in [1.54, 1.807) is 39.8 Å². The van der Waals surface area contributed by atoms with Crippen molar-refractivity contribution in [1.82, 2.24) is 5.32 Å². The lowest BCUT2D eigenvalue weighted by Crippen LogP contribution is -2.40. The van der Waals surface area contributed by atoms with Crippen LogP contribution in [0.1, 0.15) is 34.1 Å². The molecule has 0 bridgehead atoms. The van der Waals surface area contributed by atoms with E-state index in [4.69, 9.17) is 9.47 Å².